The Morgan fingerprint density at radius 2 is 1.75 bits per heavy atom. The zero-order valence-corrected chi connectivity index (χ0v) is 10.9. The zero-order valence-electron chi connectivity index (χ0n) is 9.42. The highest BCUT2D eigenvalue weighted by Crippen LogP contribution is 2.44. The fraction of sp³-hybridized carbons (Fsp3) is 0.0833. The Bertz CT molecular complexity index is 759. The van der Waals surface area contributed by atoms with E-state index < -0.39 is 22.9 Å². The van der Waals surface area contributed by atoms with Crippen molar-refractivity contribution in [3.63, 3.8) is 0 Å². The number of fused-ring (bicyclic) bond motifs is 3. The van der Waals surface area contributed by atoms with Crippen molar-refractivity contribution in [1.29, 1.82) is 0 Å². The van der Waals surface area contributed by atoms with E-state index in [9.17, 15) is 18.0 Å². The summed E-state index contributed by atoms with van der Waals surface area (Å²) in [5.41, 5.74) is -1.75. The molecule has 0 spiro atoms. The Morgan fingerprint density at radius 3 is 2.40 bits per heavy atom. The summed E-state index contributed by atoms with van der Waals surface area (Å²) in [6, 6.07) is 4.04. The summed E-state index contributed by atoms with van der Waals surface area (Å²) in [6.45, 7) is 0. The molecule has 0 fully saturated rings. The molecule has 0 bridgehead atoms. The summed E-state index contributed by atoms with van der Waals surface area (Å²) in [5.74, 6) is -0.646. The topological polar surface area (TPSA) is 42.9 Å². The number of carbonyl (C=O) groups excluding carboxylic acids is 1. The van der Waals surface area contributed by atoms with Gasteiger partial charge in [0.1, 0.15) is 5.69 Å². The van der Waals surface area contributed by atoms with E-state index in [1.54, 1.807) is 0 Å². The molecule has 102 valence electrons. The van der Waals surface area contributed by atoms with Crippen molar-refractivity contribution >= 4 is 29.0 Å². The predicted molar refractivity (Wildman–Crippen MR) is 65.9 cm³/mol. The fourth-order valence-corrected chi connectivity index (χ4v) is 2.45. The lowest BCUT2D eigenvalue weighted by Crippen LogP contribution is -2.12. The molecule has 3 nitrogen and oxygen atoms in total. The van der Waals surface area contributed by atoms with Gasteiger partial charge in [0.15, 0.2) is 5.69 Å². The third kappa shape index (κ3) is 1.87. The second-order valence-electron chi connectivity index (χ2n) is 4.08. The van der Waals surface area contributed by atoms with Gasteiger partial charge in [-0.3, -0.25) is 4.79 Å². The molecule has 0 radical (unpaired) electrons. The minimum atomic E-state index is -4.74. The lowest BCUT2D eigenvalue weighted by atomic mass is 10.1. The largest absolute Gasteiger partial charge is 0.434 e. The van der Waals surface area contributed by atoms with E-state index in [4.69, 9.17) is 23.2 Å². The van der Waals surface area contributed by atoms with Gasteiger partial charge in [0.25, 0.3) is 0 Å². The van der Waals surface area contributed by atoms with Crippen molar-refractivity contribution < 1.29 is 18.0 Å². The van der Waals surface area contributed by atoms with Crippen LogP contribution in [0.3, 0.4) is 0 Å². The van der Waals surface area contributed by atoms with Crippen LogP contribution >= 0.6 is 23.2 Å². The molecule has 20 heavy (non-hydrogen) atoms. The van der Waals surface area contributed by atoms with E-state index in [0.717, 1.165) is 0 Å². The van der Waals surface area contributed by atoms with Gasteiger partial charge in [-0.25, -0.2) is 9.97 Å². The van der Waals surface area contributed by atoms with E-state index in [1.165, 1.54) is 18.2 Å². The number of halogens is 5. The van der Waals surface area contributed by atoms with Crippen LogP contribution in [0.15, 0.2) is 18.2 Å². The first-order chi connectivity index (χ1) is 9.29. The third-order valence-corrected chi connectivity index (χ3v) is 3.27. The number of ketones is 1. The van der Waals surface area contributed by atoms with E-state index >= 15 is 0 Å². The molecule has 1 aliphatic rings. The van der Waals surface area contributed by atoms with Crippen molar-refractivity contribution in [3.8, 4) is 11.1 Å². The van der Waals surface area contributed by atoms with Gasteiger partial charge in [-0.1, -0.05) is 17.7 Å². The molecule has 0 N–H and O–H groups in total. The lowest BCUT2D eigenvalue weighted by Gasteiger charge is -2.10. The molecule has 3 rings (SSSR count). The lowest BCUT2D eigenvalue weighted by molar-refractivity contribution is -0.140. The number of aromatic nitrogens is 2. The molecule has 0 aliphatic heterocycles. The van der Waals surface area contributed by atoms with Crippen LogP contribution in [0, 0.1) is 0 Å². The van der Waals surface area contributed by atoms with Crippen LogP contribution in [-0.2, 0) is 6.18 Å². The smallest absolute Gasteiger partial charge is 0.287 e. The second kappa shape index (κ2) is 4.17. The summed E-state index contributed by atoms with van der Waals surface area (Å²) in [4.78, 5) is 18.9. The van der Waals surface area contributed by atoms with Crippen molar-refractivity contribution in [1.82, 2.24) is 9.97 Å². The number of carbonyl (C=O) groups is 1. The summed E-state index contributed by atoms with van der Waals surface area (Å²) < 4.78 is 39.1. The van der Waals surface area contributed by atoms with Crippen molar-refractivity contribution in [2.75, 3.05) is 0 Å². The number of alkyl halides is 3. The first kappa shape index (κ1) is 13.3. The Hall–Kier alpha value is -1.66. The Morgan fingerprint density at radius 1 is 1.05 bits per heavy atom. The molecule has 1 aromatic carbocycles. The van der Waals surface area contributed by atoms with Crippen LogP contribution in [-0.4, -0.2) is 15.8 Å². The summed E-state index contributed by atoms with van der Waals surface area (Å²) in [6.07, 6.45) is -4.74. The van der Waals surface area contributed by atoms with Gasteiger partial charge in [0.05, 0.1) is 0 Å². The van der Waals surface area contributed by atoms with Gasteiger partial charge in [0, 0.05) is 16.1 Å². The van der Waals surface area contributed by atoms with E-state index in [1.807, 2.05) is 0 Å². The SMILES string of the molecule is O=C1c2cc(Cl)ccc2-c2c1nc(Cl)nc2C(F)(F)F. The van der Waals surface area contributed by atoms with Gasteiger partial charge in [-0.05, 0) is 29.3 Å². The van der Waals surface area contributed by atoms with Crippen molar-refractivity contribution in [3.05, 3.63) is 45.5 Å². The summed E-state index contributed by atoms with van der Waals surface area (Å²) >= 11 is 11.2. The Labute approximate surface area is 120 Å². The molecule has 1 aliphatic carbocycles. The molecular weight excluding hydrogens is 316 g/mol. The predicted octanol–water partition coefficient (Wildman–Crippen LogP) is 4.01. The van der Waals surface area contributed by atoms with Gasteiger partial charge >= 0.3 is 6.18 Å². The molecule has 1 aromatic heterocycles. The van der Waals surface area contributed by atoms with Crippen LogP contribution < -0.4 is 0 Å². The van der Waals surface area contributed by atoms with Gasteiger partial charge in [-0.15, -0.1) is 0 Å². The first-order valence-corrected chi connectivity index (χ1v) is 6.04. The first-order valence-electron chi connectivity index (χ1n) is 5.28. The minimum Gasteiger partial charge on any atom is -0.287 e. The number of hydrogen-bond donors (Lipinski definition) is 0. The second-order valence-corrected chi connectivity index (χ2v) is 4.86. The zero-order chi connectivity index (χ0) is 14.7. The van der Waals surface area contributed by atoms with Gasteiger partial charge < -0.3 is 0 Å². The quantitative estimate of drug-likeness (QED) is 0.588. The standard InChI is InChI=1S/C12H3Cl2F3N2O/c13-4-1-2-5-6(3-4)9(20)8-7(5)10(12(15,16)17)19-11(14)18-8/h1-3H. The summed E-state index contributed by atoms with van der Waals surface area (Å²) in [5, 5.41) is -0.374. The maximum absolute atomic E-state index is 13.0. The highest BCUT2D eigenvalue weighted by atomic mass is 35.5. The molecule has 2 aromatic rings. The maximum atomic E-state index is 13.0. The average Bonchev–Trinajstić information content (AvgIpc) is 2.61. The highest BCUT2D eigenvalue weighted by molar-refractivity contribution is 6.32. The molecule has 0 amide bonds. The van der Waals surface area contributed by atoms with E-state index in [2.05, 4.69) is 9.97 Å². The van der Waals surface area contributed by atoms with Crippen molar-refractivity contribution in [2.24, 2.45) is 0 Å². The molecular formula is C12H3Cl2F3N2O. The fourth-order valence-electron chi connectivity index (χ4n) is 2.11. The highest BCUT2D eigenvalue weighted by Gasteiger charge is 2.42. The van der Waals surface area contributed by atoms with Gasteiger partial charge in [0.2, 0.25) is 11.1 Å². The van der Waals surface area contributed by atoms with Crippen LogP contribution in [0.4, 0.5) is 13.2 Å². The number of hydrogen-bond acceptors (Lipinski definition) is 3. The monoisotopic (exact) mass is 318 g/mol. The third-order valence-electron chi connectivity index (χ3n) is 2.86. The number of benzene rings is 1. The molecule has 0 saturated carbocycles. The van der Waals surface area contributed by atoms with Crippen LogP contribution in [0.2, 0.25) is 10.3 Å². The minimum absolute atomic E-state index is 0.0644. The number of nitrogens with zero attached hydrogens (tertiary/aromatic N) is 2. The Balaban J connectivity index is 2.40. The summed E-state index contributed by atoms with van der Waals surface area (Å²) in [7, 11) is 0. The molecule has 0 atom stereocenters. The average molecular weight is 319 g/mol. The van der Waals surface area contributed by atoms with Crippen LogP contribution in [0.5, 0.6) is 0 Å². The maximum Gasteiger partial charge on any atom is 0.434 e. The van der Waals surface area contributed by atoms with Gasteiger partial charge in [-0.2, -0.15) is 13.2 Å². The molecule has 1 heterocycles. The molecule has 8 heteroatoms. The number of rotatable bonds is 0. The van der Waals surface area contributed by atoms with Crippen molar-refractivity contribution in [2.45, 2.75) is 6.18 Å². The van der Waals surface area contributed by atoms with Crippen LogP contribution in [0.1, 0.15) is 21.7 Å². The molecule has 0 saturated heterocycles. The molecule has 0 unspecified atom stereocenters. The van der Waals surface area contributed by atoms with Crippen LogP contribution in [0.25, 0.3) is 11.1 Å². The van der Waals surface area contributed by atoms with E-state index in [0.29, 0.717) is 0 Å². The Kier molecular flexibility index (Phi) is 2.78. The van der Waals surface area contributed by atoms with E-state index in [-0.39, 0.29) is 27.4 Å². The normalized spacial score (nSPS) is 13.3.